The van der Waals surface area contributed by atoms with Crippen LogP contribution >= 0.6 is 11.6 Å². The van der Waals surface area contributed by atoms with Crippen LogP contribution in [0, 0.1) is 5.92 Å². The highest BCUT2D eigenvalue weighted by Gasteiger charge is 2.44. The lowest BCUT2D eigenvalue weighted by atomic mass is 9.82. The largest absolute Gasteiger partial charge is 0.349 e. The smallest absolute Gasteiger partial charge is 0.226 e. The molecule has 0 heterocycles. The molecule has 0 bridgehead atoms. The third-order valence-electron chi connectivity index (χ3n) is 4.01. The zero-order valence-electron chi connectivity index (χ0n) is 13.3. The first-order chi connectivity index (χ1) is 10.9. The lowest BCUT2D eigenvalue weighted by Gasteiger charge is -2.24. The highest BCUT2D eigenvalue weighted by atomic mass is 35.5. The van der Waals surface area contributed by atoms with Crippen molar-refractivity contribution in [3.63, 3.8) is 0 Å². The molecule has 6 nitrogen and oxygen atoms in total. The summed E-state index contributed by atoms with van der Waals surface area (Å²) in [5.74, 6) is -1.26. The molecule has 2 rings (SSSR count). The van der Waals surface area contributed by atoms with Crippen molar-refractivity contribution in [2.45, 2.75) is 31.2 Å². The van der Waals surface area contributed by atoms with Gasteiger partial charge in [-0.3, -0.25) is 19.2 Å². The molecule has 7 heteroatoms. The monoisotopic (exact) mass is 340 g/mol. The van der Waals surface area contributed by atoms with Crippen LogP contribution in [0.5, 0.6) is 0 Å². The molecule has 23 heavy (non-hydrogen) atoms. The molecule has 2 fully saturated rings. The van der Waals surface area contributed by atoms with Gasteiger partial charge < -0.3 is 4.90 Å². The van der Waals surface area contributed by atoms with Gasteiger partial charge >= 0.3 is 0 Å². The molecule has 2 aliphatic rings. The molecule has 2 aliphatic carbocycles. The molecule has 1 N–H and O–H groups in total. The molecule has 0 aromatic rings. The Morgan fingerprint density at radius 3 is 2.43 bits per heavy atom. The number of nitrogens with zero attached hydrogens (tertiary/aromatic N) is 1. The molecular formula is C16H21ClN2O4. The van der Waals surface area contributed by atoms with Crippen LogP contribution in [0.25, 0.3) is 0 Å². The number of hydrogen-bond donors (Lipinski definition) is 1. The minimum atomic E-state index is -0.546. The fourth-order valence-corrected chi connectivity index (χ4v) is 2.63. The van der Waals surface area contributed by atoms with Crippen LogP contribution in [0.1, 0.15) is 25.7 Å². The number of allylic oxidation sites excluding steroid dienone is 1. The Kier molecular flexibility index (Phi) is 5.73. The van der Waals surface area contributed by atoms with Crippen molar-refractivity contribution in [1.82, 2.24) is 10.4 Å². The zero-order valence-corrected chi connectivity index (χ0v) is 14.1. The summed E-state index contributed by atoms with van der Waals surface area (Å²) in [5.41, 5.74) is 3.97. The van der Waals surface area contributed by atoms with E-state index in [-0.39, 0.29) is 35.9 Å². The van der Waals surface area contributed by atoms with E-state index >= 15 is 0 Å². The third kappa shape index (κ3) is 4.50. The maximum Gasteiger partial charge on any atom is 0.226 e. The fraction of sp³-hybridized carbons (Fsp3) is 0.562. The Bertz CT molecular complexity index is 544. The van der Waals surface area contributed by atoms with Gasteiger partial charge in [0.1, 0.15) is 0 Å². The van der Waals surface area contributed by atoms with E-state index in [0.717, 1.165) is 12.8 Å². The van der Waals surface area contributed by atoms with Crippen molar-refractivity contribution in [2.75, 3.05) is 20.7 Å². The Hall–Kier alpha value is -1.50. The van der Waals surface area contributed by atoms with Gasteiger partial charge in [0.05, 0.1) is 23.6 Å². The molecule has 0 saturated heterocycles. The van der Waals surface area contributed by atoms with Gasteiger partial charge in [0.25, 0.3) is 0 Å². The van der Waals surface area contributed by atoms with E-state index in [2.05, 4.69) is 5.48 Å². The standard InChI is InChI=1S/C16H21ClN2O4/c1-19(2)15(22)11-8-13(20)12(14(21)9-11)10-16(4-5-16)18-23-7-3-6-17/h3,6,10-11,18H,4-5,7-9H2,1-2H3. The zero-order chi connectivity index (χ0) is 17.0. The van der Waals surface area contributed by atoms with Gasteiger partial charge in [0.2, 0.25) is 5.91 Å². The van der Waals surface area contributed by atoms with Crippen molar-refractivity contribution in [2.24, 2.45) is 5.92 Å². The first kappa shape index (κ1) is 17.8. The number of nitrogens with one attached hydrogen (secondary N) is 1. The van der Waals surface area contributed by atoms with E-state index in [1.54, 1.807) is 26.2 Å². The Labute approximate surface area is 140 Å². The Balaban J connectivity index is 2.02. The predicted molar refractivity (Wildman–Crippen MR) is 85.6 cm³/mol. The number of hydrogen-bond acceptors (Lipinski definition) is 5. The van der Waals surface area contributed by atoms with E-state index in [9.17, 15) is 14.4 Å². The highest BCUT2D eigenvalue weighted by molar-refractivity contribution is 6.25. The van der Waals surface area contributed by atoms with Crippen LogP contribution in [0.4, 0.5) is 0 Å². The molecule has 1 amide bonds. The van der Waals surface area contributed by atoms with E-state index in [4.69, 9.17) is 16.4 Å². The molecule has 0 spiro atoms. The van der Waals surface area contributed by atoms with Crippen molar-refractivity contribution in [3.8, 4) is 0 Å². The van der Waals surface area contributed by atoms with E-state index < -0.39 is 11.5 Å². The summed E-state index contributed by atoms with van der Waals surface area (Å²) in [5, 5.41) is 0. The number of halogens is 1. The average molecular weight is 341 g/mol. The third-order valence-corrected chi connectivity index (χ3v) is 4.19. The summed E-state index contributed by atoms with van der Waals surface area (Å²) in [6, 6.07) is 0. The average Bonchev–Trinajstić information content (AvgIpc) is 3.26. The van der Waals surface area contributed by atoms with Gasteiger partial charge in [0.15, 0.2) is 11.6 Å². The van der Waals surface area contributed by atoms with Crippen LogP contribution < -0.4 is 5.48 Å². The van der Waals surface area contributed by atoms with Gasteiger partial charge in [-0.05, 0) is 25.0 Å². The summed E-state index contributed by atoms with van der Waals surface area (Å²) < 4.78 is 0. The maximum atomic E-state index is 12.3. The van der Waals surface area contributed by atoms with Crippen LogP contribution in [0.3, 0.4) is 0 Å². The van der Waals surface area contributed by atoms with Gasteiger partial charge in [-0.2, -0.15) is 5.48 Å². The van der Waals surface area contributed by atoms with Gasteiger partial charge in [-0.15, -0.1) is 0 Å². The molecule has 126 valence electrons. The van der Waals surface area contributed by atoms with E-state index in [0.29, 0.717) is 6.61 Å². The topological polar surface area (TPSA) is 75.7 Å². The fourth-order valence-electron chi connectivity index (χ4n) is 2.55. The Morgan fingerprint density at radius 1 is 1.35 bits per heavy atom. The molecular weight excluding hydrogens is 320 g/mol. The number of hydroxylamine groups is 1. The number of Topliss-reactive ketones (excluding diaryl/α,β-unsaturated/α-hetero) is 2. The molecule has 0 unspecified atom stereocenters. The molecule has 0 radical (unpaired) electrons. The molecule has 0 aliphatic heterocycles. The number of carbonyl (C=O) groups excluding carboxylic acids is 3. The van der Waals surface area contributed by atoms with Gasteiger partial charge in [-0.25, -0.2) is 0 Å². The summed E-state index contributed by atoms with van der Waals surface area (Å²) in [4.78, 5) is 43.2. The second-order valence-corrected chi connectivity index (χ2v) is 6.43. The number of rotatable bonds is 6. The predicted octanol–water partition coefficient (Wildman–Crippen LogP) is 1.36. The number of carbonyl (C=O) groups is 3. The van der Waals surface area contributed by atoms with Crippen LogP contribution in [0.2, 0.25) is 0 Å². The lowest BCUT2D eigenvalue weighted by Crippen LogP contribution is -2.38. The van der Waals surface area contributed by atoms with Gasteiger partial charge in [-0.1, -0.05) is 11.6 Å². The van der Waals surface area contributed by atoms with Crippen molar-refractivity contribution in [3.05, 3.63) is 23.3 Å². The first-order valence-corrected chi connectivity index (χ1v) is 7.97. The summed E-state index contributed by atoms with van der Waals surface area (Å²) in [7, 11) is 3.25. The minimum absolute atomic E-state index is 0.0838. The molecule has 2 saturated carbocycles. The van der Waals surface area contributed by atoms with Crippen molar-refractivity contribution < 1.29 is 19.2 Å². The second-order valence-electron chi connectivity index (χ2n) is 6.17. The van der Waals surface area contributed by atoms with Crippen molar-refractivity contribution >= 4 is 29.1 Å². The van der Waals surface area contributed by atoms with Crippen LogP contribution in [-0.4, -0.2) is 48.6 Å². The molecule has 0 atom stereocenters. The van der Waals surface area contributed by atoms with Crippen molar-refractivity contribution in [1.29, 1.82) is 0 Å². The summed E-state index contributed by atoms with van der Waals surface area (Å²) in [6.45, 7) is 0.301. The van der Waals surface area contributed by atoms with Crippen LogP contribution in [0.15, 0.2) is 23.3 Å². The summed E-state index contributed by atoms with van der Waals surface area (Å²) in [6.07, 6.45) is 5.05. The SMILES string of the molecule is CN(C)C(=O)C1CC(=O)C(=CC2(NOCC=CCl)CC2)C(=O)C1. The Morgan fingerprint density at radius 2 is 1.96 bits per heavy atom. The van der Waals surface area contributed by atoms with E-state index in [1.807, 2.05) is 0 Å². The number of amides is 1. The molecule has 0 aromatic heterocycles. The summed E-state index contributed by atoms with van der Waals surface area (Å²) >= 11 is 5.40. The number of ketones is 2. The minimum Gasteiger partial charge on any atom is -0.349 e. The van der Waals surface area contributed by atoms with Crippen LogP contribution in [-0.2, 0) is 19.2 Å². The quantitative estimate of drug-likeness (QED) is 0.342. The van der Waals surface area contributed by atoms with Gasteiger partial charge in [0, 0.05) is 32.5 Å². The highest BCUT2D eigenvalue weighted by Crippen LogP contribution is 2.39. The second kappa shape index (κ2) is 7.38. The maximum absolute atomic E-state index is 12.3. The normalized spacial score (nSPS) is 23.3. The lowest BCUT2D eigenvalue weighted by molar-refractivity contribution is -0.139. The molecule has 0 aromatic carbocycles. The first-order valence-electron chi connectivity index (χ1n) is 7.53. The van der Waals surface area contributed by atoms with E-state index in [1.165, 1.54) is 10.4 Å².